The van der Waals surface area contributed by atoms with Crippen LogP contribution in [-0.4, -0.2) is 148 Å². The van der Waals surface area contributed by atoms with Gasteiger partial charge in [0.25, 0.3) is 5.91 Å². The quantitative estimate of drug-likeness (QED) is 0.0811. The number of benzene rings is 3. The molecule has 3 aromatic rings. The van der Waals surface area contributed by atoms with Crippen molar-refractivity contribution >= 4 is 42.1 Å². The molecule has 0 saturated carbocycles. The highest BCUT2D eigenvalue weighted by Gasteiger charge is 2.43. The molecule has 18 heteroatoms. The molecule has 0 unspecified atom stereocenters. The maximum atomic E-state index is 15.2. The average molecular weight is 1220 g/mol. The first-order chi connectivity index (χ1) is 40.7. The van der Waals surface area contributed by atoms with E-state index in [-0.39, 0.29) is 67.7 Å². The second-order valence-electron chi connectivity index (χ2n) is 30.2. The molecule has 6 rings (SSSR count). The third-order valence-corrected chi connectivity index (χ3v) is 15.2. The molecular weight excluding hydrogens is 1120 g/mol. The van der Waals surface area contributed by atoms with Crippen molar-refractivity contribution in [2.75, 3.05) is 52.4 Å². The van der Waals surface area contributed by atoms with Crippen molar-refractivity contribution in [2.45, 2.75) is 203 Å². The number of hydrogen-bond acceptors (Lipinski definition) is 14. The zero-order valence-electron chi connectivity index (χ0n) is 56.0. The summed E-state index contributed by atoms with van der Waals surface area (Å²) >= 11 is 0. The largest absolute Gasteiger partial charge is 0.492 e. The molecule has 0 aliphatic carbocycles. The van der Waals surface area contributed by atoms with E-state index in [1.807, 2.05) is 191 Å². The Balaban J connectivity index is 1.28. The van der Waals surface area contributed by atoms with Crippen LogP contribution in [-0.2, 0) is 68.6 Å². The summed E-state index contributed by atoms with van der Waals surface area (Å²) in [4.78, 5) is 104. The summed E-state index contributed by atoms with van der Waals surface area (Å²) in [7, 11) is 0. The van der Waals surface area contributed by atoms with Gasteiger partial charge in [-0.1, -0.05) is 48.5 Å². The van der Waals surface area contributed by atoms with Crippen LogP contribution in [0.5, 0.6) is 5.75 Å². The lowest BCUT2D eigenvalue weighted by Gasteiger charge is -2.28. The van der Waals surface area contributed by atoms with Crippen LogP contribution in [0.4, 0.5) is 14.4 Å². The summed E-state index contributed by atoms with van der Waals surface area (Å²) < 4.78 is 41.6. The molecule has 3 fully saturated rings. The van der Waals surface area contributed by atoms with Crippen molar-refractivity contribution in [2.24, 2.45) is 35.5 Å². The third kappa shape index (κ3) is 22.6. The van der Waals surface area contributed by atoms with Crippen LogP contribution in [0.15, 0.2) is 72.8 Å². The zero-order valence-corrected chi connectivity index (χ0v) is 56.0. The molecule has 0 aromatic heterocycles. The fourth-order valence-electron chi connectivity index (χ4n) is 11.4. The van der Waals surface area contributed by atoms with Crippen LogP contribution in [0.2, 0.25) is 0 Å². The summed E-state index contributed by atoms with van der Waals surface area (Å²) in [6.07, 6.45) is 1.43. The van der Waals surface area contributed by atoms with E-state index in [1.54, 1.807) is 25.7 Å². The molecule has 18 nitrogen and oxygen atoms in total. The predicted molar refractivity (Wildman–Crippen MR) is 336 cm³/mol. The number of hydrogen-bond donors (Lipinski definition) is 0. The van der Waals surface area contributed by atoms with Crippen LogP contribution >= 0.6 is 0 Å². The van der Waals surface area contributed by atoms with Crippen molar-refractivity contribution in [1.82, 2.24) is 19.6 Å². The first kappa shape index (κ1) is 70.2. The van der Waals surface area contributed by atoms with Gasteiger partial charge in [0, 0.05) is 51.4 Å². The molecule has 6 atom stereocenters. The van der Waals surface area contributed by atoms with E-state index < -0.39 is 69.6 Å². The minimum Gasteiger partial charge on any atom is -0.492 e. The normalized spacial score (nSPS) is 18.7. The molecule has 486 valence electrons. The molecule has 0 spiro atoms. The third-order valence-electron chi connectivity index (χ3n) is 15.2. The van der Waals surface area contributed by atoms with Crippen molar-refractivity contribution < 1.29 is 66.7 Å². The number of carbonyl (C=O) groups is 7. The minimum absolute atomic E-state index is 0.0879. The maximum Gasteiger partial charge on any atom is 0.410 e. The van der Waals surface area contributed by atoms with Gasteiger partial charge in [0.05, 0.1) is 24.3 Å². The second-order valence-corrected chi connectivity index (χ2v) is 30.2. The Labute approximate surface area is 523 Å². The van der Waals surface area contributed by atoms with E-state index in [9.17, 15) is 28.8 Å². The van der Waals surface area contributed by atoms with Crippen LogP contribution in [0.3, 0.4) is 0 Å². The topological polar surface area (TPSA) is 197 Å². The molecule has 88 heavy (non-hydrogen) atoms. The average Bonchev–Trinajstić information content (AvgIpc) is 4.01. The molecule has 3 heterocycles. The Bertz CT molecular complexity index is 2920. The first-order valence-electron chi connectivity index (χ1n) is 31.5. The molecule has 3 aliphatic heterocycles. The van der Waals surface area contributed by atoms with E-state index in [0.717, 1.165) is 22.3 Å². The van der Waals surface area contributed by atoms with E-state index in [2.05, 4.69) is 0 Å². The lowest BCUT2D eigenvalue weighted by Crippen LogP contribution is -2.38. The lowest BCUT2D eigenvalue weighted by molar-refractivity contribution is -0.163. The van der Waals surface area contributed by atoms with Gasteiger partial charge in [0.15, 0.2) is 0 Å². The number of nitrogens with zero attached hydrogens (tertiary/aromatic N) is 4. The van der Waals surface area contributed by atoms with Gasteiger partial charge in [0.1, 0.15) is 46.0 Å². The Kier molecular flexibility index (Phi) is 22.9. The standard InChI is InChI=1S/C70H102N4O14/c1-65(2,3)83-59(76)55(51-28-31-72(43-51)62(79)86-68(10,11)12)39-46-22-19-25-49(36-46)42-71(58(75)50-26-20-23-47(37-50)40-56(60(77)84-66(4,5)6)52-29-32-73(44-52)63(80)87-69(13,14)15)34-35-82-54-27-21-24-48(38-54)41-57(61(78)85-67(7,8)9)53-30-33-74(45-53)64(81)88-70(16,17)18/h19-27,36-38,51-53,55-57H,28-35,39-45H2,1-18H3/t51-,52-,53-,55-,56-,57-/m0/s1. The van der Waals surface area contributed by atoms with Crippen LogP contribution in [0.25, 0.3) is 0 Å². The van der Waals surface area contributed by atoms with Crippen LogP contribution in [0, 0.1) is 35.5 Å². The van der Waals surface area contributed by atoms with Crippen LogP contribution < -0.4 is 4.74 Å². The van der Waals surface area contributed by atoms with Gasteiger partial charge >= 0.3 is 36.2 Å². The Morgan fingerprint density at radius 2 is 0.761 bits per heavy atom. The number of esters is 3. The van der Waals surface area contributed by atoms with Crippen molar-refractivity contribution in [3.8, 4) is 5.75 Å². The van der Waals surface area contributed by atoms with Crippen molar-refractivity contribution in [1.29, 1.82) is 0 Å². The van der Waals surface area contributed by atoms with Gasteiger partial charge in [-0.2, -0.15) is 0 Å². The Morgan fingerprint density at radius 1 is 0.432 bits per heavy atom. The van der Waals surface area contributed by atoms with Crippen LogP contribution in [0.1, 0.15) is 177 Å². The van der Waals surface area contributed by atoms with Gasteiger partial charge in [-0.15, -0.1) is 0 Å². The summed E-state index contributed by atoms with van der Waals surface area (Å²) in [5, 5.41) is 0. The molecule has 4 amide bonds. The Morgan fingerprint density at radius 3 is 1.14 bits per heavy atom. The summed E-state index contributed by atoms with van der Waals surface area (Å²) in [6, 6.07) is 22.6. The number of ether oxygens (including phenoxy) is 7. The van der Waals surface area contributed by atoms with Gasteiger partial charge in [-0.3, -0.25) is 19.2 Å². The van der Waals surface area contributed by atoms with Crippen molar-refractivity contribution in [3.05, 3.63) is 101 Å². The minimum atomic E-state index is -0.765. The van der Waals surface area contributed by atoms with Gasteiger partial charge < -0.3 is 52.8 Å². The number of amides is 4. The van der Waals surface area contributed by atoms with E-state index in [1.165, 1.54) is 0 Å². The smallest absolute Gasteiger partial charge is 0.410 e. The van der Waals surface area contributed by atoms with Gasteiger partial charge in [-0.25, -0.2) is 14.4 Å². The predicted octanol–water partition coefficient (Wildman–Crippen LogP) is 12.7. The van der Waals surface area contributed by atoms with E-state index in [4.69, 9.17) is 33.2 Å². The highest BCUT2D eigenvalue weighted by atomic mass is 16.6. The highest BCUT2D eigenvalue weighted by Crippen LogP contribution is 2.35. The van der Waals surface area contributed by atoms with Crippen molar-refractivity contribution in [3.63, 3.8) is 0 Å². The fraction of sp³-hybridized carbons (Fsp3) is 0.643. The van der Waals surface area contributed by atoms with E-state index in [0.29, 0.717) is 82.7 Å². The summed E-state index contributed by atoms with van der Waals surface area (Å²) in [6.45, 7) is 35.7. The van der Waals surface area contributed by atoms with Gasteiger partial charge in [0.2, 0.25) is 0 Å². The number of likely N-dealkylation sites (tertiary alicyclic amines) is 3. The first-order valence-corrected chi connectivity index (χ1v) is 31.5. The number of rotatable bonds is 19. The van der Waals surface area contributed by atoms with E-state index >= 15 is 4.79 Å². The Hall–Kier alpha value is -6.85. The molecule has 3 saturated heterocycles. The summed E-state index contributed by atoms with van der Waals surface area (Å²) in [5.41, 5.74) is -0.623. The number of carbonyl (C=O) groups excluding carboxylic acids is 7. The highest BCUT2D eigenvalue weighted by molar-refractivity contribution is 5.94. The maximum absolute atomic E-state index is 15.2. The van der Waals surface area contributed by atoms with Gasteiger partial charge in [-0.05, 0) is 227 Å². The molecule has 0 bridgehead atoms. The molecular formula is C70H102N4O14. The monoisotopic (exact) mass is 1220 g/mol. The lowest BCUT2D eigenvalue weighted by atomic mass is 9.85. The zero-order chi connectivity index (χ0) is 65.3. The second kappa shape index (κ2) is 28.8. The molecule has 0 radical (unpaired) electrons. The SMILES string of the molecule is CC(C)(C)OC(=O)[C@@H](Cc1cccc(CN(CCOc2cccc(C[C@H](C(=O)OC(C)(C)C)[C@H]3CCN(C(=O)OC(C)(C)C)C3)c2)C(=O)c2cccc(C[C@H](C(=O)OC(C)(C)C)[C@H]3CCN(C(=O)OC(C)(C)C)C3)c2)c1)[C@H]1CCN(C(=O)OC(C)(C)C)C1. The molecule has 3 aromatic carbocycles. The summed E-state index contributed by atoms with van der Waals surface area (Å²) in [5.74, 6) is -3.18. The molecule has 3 aliphatic rings. The fourth-order valence-corrected chi connectivity index (χ4v) is 11.4. The molecule has 0 N–H and O–H groups in total.